The number of carboxylic acids is 1. The Kier molecular flexibility index (Phi) is 6.93. The number of rotatable bonds is 9. The van der Waals surface area contributed by atoms with E-state index in [1.165, 1.54) is 25.6 Å². The molecule has 2 N–H and O–H groups in total. The maximum absolute atomic E-state index is 12.5. The van der Waals surface area contributed by atoms with Crippen LogP contribution in [0, 0.1) is 0 Å². The summed E-state index contributed by atoms with van der Waals surface area (Å²) in [5, 5.41) is 14.2. The molecule has 140 valence electrons. The van der Waals surface area contributed by atoms with Crippen molar-refractivity contribution in [2.24, 2.45) is 0 Å². The average Bonchev–Trinajstić information content (AvgIpc) is 3.09. The van der Waals surface area contributed by atoms with Crippen molar-refractivity contribution in [3.8, 4) is 11.5 Å². The van der Waals surface area contributed by atoms with Gasteiger partial charge in [-0.15, -0.1) is 11.3 Å². The van der Waals surface area contributed by atoms with Crippen molar-refractivity contribution in [2.45, 2.75) is 19.1 Å². The molecule has 1 amide bonds. The van der Waals surface area contributed by atoms with Gasteiger partial charge < -0.3 is 24.6 Å². The number of thiazole rings is 1. The fraction of sp³-hybridized carbons (Fsp3) is 0.353. The molecule has 1 unspecified atom stereocenters. The van der Waals surface area contributed by atoms with Crippen LogP contribution in [0.3, 0.4) is 0 Å². The molecule has 0 spiro atoms. The zero-order chi connectivity index (χ0) is 19.1. The van der Waals surface area contributed by atoms with Gasteiger partial charge in [0.05, 0.1) is 33.3 Å². The summed E-state index contributed by atoms with van der Waals surface area (Å²) < 4.78 is 15.5. The number of carbonyl (C=O) groups excluding carboxylic acids is 1. The summed E-state index contributed by atoms with van der Waals surface area (Å²) in [4.78, 5) is 27.9. The zero-order valence-corrected chi connectivity index (χ0v) is 15.5. The van der Waals surface area contributed by atoms with Crippen molar-refractivity contribution in [1.29, 1.82) is 0 Å². The van der Waals surface area contributed by atoms with Crippen LogP contribution in [-0.4, -0.2) is 43.3 Å². The number of carboxylic acid groups (broad SMARTS) is 1. The first-order valence-electron chi connectivity index (χ1n) is 7.66. The Morgan fingerprint density at radius 2 is 2.04 bits per heavy atom. The van der Waals surface area contributed by atoms with Crippen LogP contribution in [0.2, 0.25) is 0 Å². The monoisotopic (exact) mass is 380 g/mol. The molecule has 0 aliphatic rings. The Labute approximate surface area is 154 Å². The molecular weight excluding hydrogens is 360 g/mol. The SMILES string of the molecule is COCc1nc(C(=O)NC(CC(=O)O)c2ccc(OC)cc2OC)cs1. The molecule has 1 atom stereocenters. The lowest BCUT2D eigenvalue weighted by atomic mass is 10.0. The maximum atomic E-state index is 12.5. The second-order valence-corrected chi connectivity index (χ2v) is 6.23. The van der Waals surface area contributed by atoms with E-state index < -0.39 is 17.9 Å². The lowest BCUT2D eigenvalue weighted by molar-refractivity contribution is -0.137. The van der Waals surface area contributed by atoms with Gasteiger partial charge in [-0.3, -0.25) is 9.59 Å². The van der Waals surface area contributed by atoms with Crippen molar-refractivity contribution in [3.63, 3.8) is 0 Å². The molecule has 0 aliphatic carbocycles. The Balaban J connectivity index is 2.26. The number of nitrogens with one attached hydrogen (secondary N) is 1. The molecule has 26 heavy (non-hydrogen) atoms. The van der Waals surface area contributed by atoms with Crippen molar-refractivity contribution in [2.75, 3.05) is 21.3 Å². The van der Waals surface area contributed by atoms with E-state index in [1.54, 1.807) is 30.7 Å². The smallest absolute Gasteiger partial charge is 0.305 e. The van der Waals surface area contributed by atoms with Gasteiger partial charge in [-0.05, 0) is 12.1 Å². The largest absolute Gasteiger partial charge is 0.497 e. The van der Waals surface area contributed by atoms with Crippen LogP contribution < -0.4 is 14.8 Å². The molecule has 0 saturated heterocycles. The molecule has 2 rings (SSSR count). The van der Waals surface area contributed by atoms with E-state index in [2.05, 4.69) is 10.3 Å². The summed E-state index contributed by atoms with van der Waals surface area (Å²) in [7, 11) is 4.53. The van der Waals surface area contributed by atoms with Gasteiger partial charge in [0.2, 0.25) is 0 Å². The first-order chi connectivity index (χ1) is 12.5. The molecule has 1 aromatic carbocycles. The second-order valence-electron chi connectivity index (χ2n) is 5.29. The molecule has 0 radical (unpaired) electrons. The number of aliphatic carboxylic acids is 1. The fourth-order valence-electron chi connectivity index (χ4n) is 2.36. The molecule has 2 aromatic rings. The Morgan fingerprint density at radius 3 is 2.65 bits per heavy atom. The van der Waals surface area contributed by atoms with Crippen LogP contribution in [0.5, 0.6) is 11.5 Å². The van der Waals surface area contributed by atoms with Crippen molar-refractivity contribution >= 4 is 23.2 Å². The highest BCUT2D eigenvalue weighted by Crippen LogP contribution is 2.31. The normalized spacial score (nSPS) is 11.7. The minimum Gasteiger partial charge on any atom is -0.497 e. The quantitative estimate of drug-likeness (QED) is 0.687. The third-order valence-electron chi connectivity index (χ3n) is 3.55. The van der Waals surface area contributed by atoms with E-state index in [0.717, 1.165) is 0 Å². The summed E-state index contributed by atoms with van der Waals surface area (Å²) in [5.74, 6) is -0.525. The van der Waals surface area contributed by atoms with Gasteiger partial charge >= 0.3 is 5.97 Å². The van der Waals surface area contributed by atoms with Crippen molar-refractivity contribution in [3.05, 3.63) is 39.8 Å². The number of nitrogens with zero attached hydrogens (tertiary/aromatic N) is 1. The topological polar surface area (TPSA) is 107 Å². The lowest BCUT2D eigenvalue weighted by Crippen LogP contribution is -2.30. The number of benzene rings is 1. The highest BCUT2D eigenvalue weighted by atomic mass is 32.1. The van der Waals surface area contributed by atoms with Crippen LogP contribution in [0.25, 0.3) is 0 Å². The van der Waals surface area contributed by atoms with Crippen molar-refractivity contribution < 1.29 is 28.9 Å². The average molecular weight is 380 g/mol. The van der Waals surface area contributed by atoms with Gasteiger partial charge in [0, 0.05) is 24.1 Å². The lowest BCUT2D eigenvalue weighted by Gasteiger charge is -2.20. The van der Waals surface area contributed by atoms with Crippen molar-refractivity contribution in [1.82, 2.24) is 10.3 Å². The Hall–Kier alpha value is -2.65. The van der Waals surface area contributed by atoms with Gasteiger partial charge in [0.1, 0.15) is 22.2 Å². The number of methoxy groups -OCH3 is 3. The van der Waals surface area contributed by atoms with Crippen LogP contribution in [-0.2, 0) is 16.1 Å². The number of amides is 1. The summed E-state index contributed by atoms with van der Waals surface area (Å²) in [6, 6.07) is 4.20. The van der Waals surface area contributed by atoms with Crippen LogP contribution in [0.15, 0.2) is 23.6 Å². The minimum absolute atomic E-state index is 0.213. The first-order valence-corrected chi connectivity index (χ1v) is 8.54. The molecule has 1 heterocycles. The van der Waals surface area contributed by atoms with E-state index in [1.807, 2.05) is 0 Å². The van der Waals surface area contributed by atoms with E-state index in [4.69, 9.17) is 14.2 Å². The Morgan fingerprint density at radius 1 is 1.27 bits per heavy atom. The predicted octanol–water partition coefficient (Wildman–Crippen LogP) is 2.25. The molecule has 9 heteroatoms. The number of aromatic nitrogens is 1. The maximum Gasteiger partial charge on any atom is 0.305 e. The van der Waals surface area contributed by atoms with Crippen LogP contribution in [0.4, 0.5) is 0 Å². The summed E-state index contributed by atoms with van der Waals surface area (Å²) in [6.07, 6.45) is -0.302. The van der Waals surface area contributed by atoms with Gasteiger partial charge in [0.25, 0.3) is 5.91 Å². The van der Waals surface area contributed by atoms with Crippen LogP contribution in [0.1, 0.15) is 33.5 Å². The summed E-state index contributed by atoms with van der Waals surface area (Å²) in [6.45, 7) is 0.308. The van der Waals surface area contributed by atoms with Gasteiger partial charge in [-0.1, -0.05) is 0 Å². The number of hydrogen-bond donors (Lipinski definition) is 2. The molecule has 0 bridgehead atoms. The summed E-state index contributed by atoms with van der Waals surface area (Å²) >= 11 is 1.30. The second kappa shape index (κ2) is 9.16. The predicted molar refractivity (Wildman–Crippen MR) is 94.8 cm³/mol. The van der Waals surface area contributed by atoms with Gasteiger partial charge in [0.15, 0.2) is 0 Å². The van der Waals surface area contributed by atoms with E-state index >= 15 is 0 Å². The standard InChI is InChI=1S/C17H20N2O6S/c1-23-8-15-18-13(9-26-15)17(22)19-12(7-16(20)21)11-5-4-10(24-2)6-14(11)25-3/h4-6,9,12H,7-8H2,1-3H3,(H,19,22)(H,20,21). The molecule has 1 aromatic heterocycles. The third kappa shape index (κ3) is 4.93. The van der Waals surface area contributed by atoms with Gasteiger partial charge in [-0.2, -0.15) is 0 Å². The van der Waals surface area contributed by atoms with E-state index in [0.29, 0.717) is 28.7 Å². The number of hydrogen-bond acceptors (Lipinski definition) is 7. The molecular formula is C17H20N2O6S. The first kappa shape index (κ1) is 19.7. The zero-order valence-electron chi connectivity index (χ0n) is 14.6. The Bertz CT molecular complexity index is 776. The minimum atomic E-state index is -1.05. The third-order valence-corrected chi connectivity index (χ3v) is 4.37. The van der Waals surface area contributed by atoms with Gasteiger partial charge in [-0.25, -0.2) is 4.98 Å². The van der Waals surface area contributed by atoms with E-state index in [-0.39, 0.29) is 12.1 Å². The number of carbonyl (C=O) groups is 2. The van der Waals surface area contributed by atoms with E-state index in [9.17, 15) is 14.7 Å². The molecule has 0 aliphatic heterocycles. The highest BCUT2D eigenvalue weighted by molar-refractivity contribution is 7.09. The van der Waals surface area contributed by atoms with Crippen LogP contribution >= 0.6 is 11.3 Å². The molecule has 0 saturated carbocycles. The highest BCUT2D eigenvalue weighted by Gasteiger charge is 2.23. The summed E-state index contributed by atoms with van der Waals surface area (Å²) in [5.41, 5.74) is 0.751. The fourth-order valence-corrected chi connectivity index (χ4v) is 3.10. The number of ether oxygens (including phenoxy) is 3. The molecule has 8 nitrogen and oxygen atoms in total. The molecule has 0 fully saturated rings.